The first-order valence-corrected chi connectivity index (χ1v) is 8.15. The molecule has 1 amide bonds. The van der Waals surface area contributed by atoms with Crippen LogP contribution in [0.25, 0.3) is 0 Å². The van der Waals surface area contributed by atoms with Gasteiger partial charge in [-0.3, -0.25) is 9.69 Å². The first-order chi connectivity index (χ1) is 12.4. The zero-order valence-electron chi connectivity index (χ0n) is 14.2. The number of rotatable bonds is 3. The number of aromatic amines is 1. The molecule has 8 heteroatoms. The number of anilines is 1. The molecule has 0 radical (unpaired) electrons. The maximum atomic E-state index is 12.6. The number of hydrogen-bond acceptors (Lipinski definition) is 3. The van der Waals surface area contributed by atoms with E-state index >= 15 is 0 Å². The Morgan fingerprint density at radius 2 is 1.69 bits per heavy atom. The number of amides is 1. The molecule has 3 rings (SSSR count). The van der Waals surface area contributed by atoms with E-state index in [1.165, 1.54) is 6.07 Å². The van der Waals surface area contributed by atoms with Crippen molar-refractivity contribution in [3.05, 3.63) is 53.7 Å². The SMILES string of the molecule is COc1ccc(C(=O)N2CCN(c3ccc(C(F)(F)F)c[nH+]3)CC2)cc1. The van der Waals surface area contributed by atoms with Crippen LogP contribution in [0.2, 0.25) is 0 Å². The zero-order chi connectivity index (χ0) is 18.7. The van der Waals surface area contributed by atoms with Gasteiger partial charge in [-0.2, -0.15) is 13.2 Å². The number of carbonyl (C=O) groups excluding carboxylic acids is 1. The van der Waals surface area contributed by atoms with Crippen molar-refractivity contribution < 1.29 is 27.7 Å². The second-order valence-electron chi connectivity index (χ2n) is 5.97. The van der Waals surface area contributed by atoms with Gasteiger partial charge < -0.3 is 9.64 Å². The van der Waals surface area contributed by atoms with E-state index in [4.69, 9.17) is 4.74 Å². The summed E-state index contributed by atoms with van der Waals surface area (Å²) < 4.78 is 43.0. The Morgan fingerprint density at radius 1 is 1.04 bits per heavy atom. The molecule has 0 atom stereocenters. The van der Waals surface area contributed by atoms with Crippen LogP contribution in [-0.2, 0) is 6.18 Å². The second kappa shape index (κ2) is 7.23. The van der Waals surface area contributed by atoms with Gasteiger partial charge in [0.05, 0.1) is 25.8 Å². The minimum absolute atomic E-state index is 0.0660. The highest BCUT2D eigenvalue weighted by molar-refractivity contribution is 5.94. The number of halogens is 3. The maximum Gasteiger partial charge on any atom is 0.419 e. The van der Waals surface area contributed by atoms with Crippen LogP contribution < -0.4 is 14.6 Å². The molecule has 1 aromatic heterocycles. The molecule has 0 saturated carbocycles. The first kappa shape index (κ1) is 18.0. The maximum absolute atomic E-state index is 12.6. The molecule has 0 aliphatic carbocycles. The molecule has 26 heavy (non-hydrogen) atoms. The van der Waals surface area contributed by atoms with Crippen molar-refractivity contribution >= 4 is 11.7 Å². The molecular weight excluding hydrogens is 347 g/mol. The number of methoxy groups -OCH3 is 1. The van der Waals surface area contributed by atoms with Crippen LogP contribution >= 0.6 is 0 Å². The average Bonchev–Trinajstić information content (AvgIpc) is 2.67. The van der Waals surface area contributed by atoms with Gasteiger partial charge in [0, 0.05) is 11.6 Å². The van der Waals surface area contributed by atoms with Crippen molar-refractivity contribution in [2.75, 3.05) is 38.2 Å². The summed E-state index contributed by atoms with van der Waals surface area (Å²) in [4.78, 5) is 18.9. The summed E-state index contributed by atoms with van der Waals surface area (Å²) in [6.45, 7) is 2.09. The largest absolute Gasteiger partial charge is 0.497 e. The van der Waals surface area contributed by atoms with Gasteiger partial charge in [-0.25, -0.2) is 4.98 Å². The van der Waals surface area contributed by atoms with Gasteiger partial charge in [0.15, 0.2) is 0 Å². The number of alkyl halides is 3. The molecule has 0 spiro atoms. The van der Waals surface area contributed by atoms with Crippen LogP contribution in [0, 0.1) is 0 Å². The lowest BCUT2D eigenvalue weighted by atomic mass is 10.1. The smallest absolute Gasteiger partial charge is 0.419 e. The molecule has 138 valence electrons. The molecule has 1 aliphatic rings. The Labute approximate surface area is 149 Å². The molecule has 1 saturated heterocycles. The highest BCUT2D eigenvalue weighted by Gasteiger charge is 2.33. The molecule has 2 heterocycles. The number of carbonyl (C=O) groups is 1. The first-order valence-electron chi connectivity index (χ1n) is 8.15. The molecule has 2 aromatic rings. The Morgan fingerprint density at radius 3 is 2.19 bits per heavy atom. The van der Waals surface area contributed by atoms with Gasteiger partial charge in [0.1, 0.15) is 25.0 Å². The van der Waals surface area contributed by atoms with Crippen molar-refractivity contribution in [3.63, 3.8) is 0 Å². The lowest BCUT2D eigenvalue weighted by Crippen LogP contribution is -2.50. The van der Waals surface area contributed by atoms with E-state index in [-0.39, 0.29) is 5.91 Å². The third-order valence-corrected chi connectivity index (χ3v) is 4.37. The van der Waals surface area contributed by atoms with E-state index in [1.807, 2.05) is 4.90 Å². The number of pyridine rings is 1. The quantitative estimate of drug-likeness (QED) is 0.839. The van der Waals surface area contributed by atoms with Crippen LogP contribution in [0.5, 0.6) is 5.75 Å². The highest BCUT2D eigenvalue weighted by Crippen LogP contribution is 2.28. The van der Waals surface area contributed by atoms with E-state index in [2.05, 4.69) is 4.98 Å². The van der Waals surface area contributed by atoms with Crippen molar-refractivity contribution in [1.82, 2.24) is 4.90 Å². The number of nitrogens with one attached hydrogen (secondary N) is 1. The number of aromatic nitrogens is 1. The van der Waals surface area contributed by atoms with Gasteiger partial charge in [0.25, 0.3) is 11.7 Å². The van der Waals surface area contributed by atoms with Crippen LogP contribution in [0.1, 0.15) is 15.9 Å². The van der Waals surface area contributed by atoms with Gasteiger partial charge in [-0.05, 0) is 30.3 Å². The number of nitrogens with zero attached hydrogens (tertiary/aromatic N) is 2. The van der Waals surface area contributed by atoms with Crippen LogP contribution in [0.4, 0.5) is 19.0 Å². The van der Waals surface area contributed by atoms with Gasteiger partial charge in [-0.1, -0.05) is 0 Å². The fourth-order valence-electron chi connectivity index (χ4n) is 2.86. The third-order valence-electron chi connectivity index (χ3n) is 4.37. The van der Waals surface area contributed by atoms with E-state index in [9.17, 15) is 18.0 Å². The molecular formula is C18H19F3N3O2+. The zero-order valence-corrected chi connectivity index (χ0v) is 14.2. The molecule has 0 unspecified atom stereocenters. The van der Waals surface area contributed by atoms with Crippen molar-refractivity contribution in [2.45, 2.75) is 6.18 Å². The third kappa shape index (κ3) is 3.89. The number of H-pyrrole nitrogens is 1. The van der Waals surface area contributed by atoms with E-state index in [0.717, 1.165) is 12.3 Å². The van der Waals surface area contributed by atoms with E-state index in [1.54, 1.807) is 36.3 Å². The molecule has 5 nitrogen and oxygen atoms in total. The molecule has 1 aliphatic heterocycles. The summed E-state index contributed by atoms with van der Waals surface area (Å²) in [5.74, 6) is 1.22. The number of hydrogen-bond donors (Lipinski definition) is 0. The monoisotopic (exact) mass is 366 g/mol. The summed E-state index contributed by atoms with van der Waals surface area (Å²) in [6, 6.07) is 9.39. The molecule has 1 N–H and O–H groups in total. The summed E-state index contributed by atoms with van der Waals surface area (Å²) >= 11 is 0. The fraction of sp³-hybridized carbons (Fsp3) is 0.333. The molecule has 0 bridgehead atoms. The standard InChI is InChI=1S/C18H18F3N3O2/c1-26-15-5-2-13(3-6-15)17(25)24-10-8-23(9-11-24)16-7-4-14(12-22-16)18(19,20)21/h2-7,12H,8-11H2,1H3/p+1. The predicted octanol–water partition coefficient (Wildman–Crippen LogP) is 2.49. The average molecular weight is 366 g/mol. The van der Waals surface area contributed by atoms with Crippen LogP contribution in [0.3, 0.4) is 0 Å². The summed E-state index contributed by atoms with van der Waals surface area (Å²) in [5, 5.41) is 0. The van der Waals surface area contributed by atoms with Gasteiger partial charge in [0.2, 0.25) is 0 Å². The second-order valence-corrected chi connectivity index (χ2v) is 5.97. The van der Waals surface area contributed by atoms with E-state index < -0.39 is 11.7 Å². The lowest BCUT2D eigenvalue weighted by molar-refractivity contribution is -0.367. The normalized spacial score (nSPS) is 15.1. The Bertz CT molecular complexity index is 753. The van der Waals surface area contributed by atoms with Crippen molar-refractivity contribution in [1.29, 1.82) is 0 Å². The number of piperazine rings is 1. The van der Waals surface area contributed by atoms with E-state index in [0.29, 0.717) is 43.3 Å². The molecule has 1 aromatic carbocycles. The van der Waals surface area contributed by atoms with Crippen molar-refractivity contribution in [2.24, 2.45) is 0 Å². The Balaban J connectivity index is 1.60. The minimum atomic E-state index is -4.36. The summed E-state index contributed by atoms with van der Waals surface area (Å²) in [6.07, 6.45) is -3.40. The van der Waals surface area contributed by atoms with Crippen LogP contribution in [-0.4, -0.2) is 44.1 Å². The number of ether oxygens (including phenoxy) is 1. The summed E-state index contributed by atoms with van der Waals surface area (Å²) in [5.41, 5.74) is -0.130. The Kier molecular flexibility index (Phi) is 5.01. The summed E-state index contributed by atoms with van der Waals surface area (Å²) in [7, 11) is 1.56. The van der Waals surface area contributed by atoms with Gasteiger partial charge >= 0.3 is 6.18 Å². The predicted molar refractivity (Wildman–Crippen MR) is 89.1 cm³/mol. The topological polar surface area (TPSA) is 46.9 Å². The van der Waals surface area contributed by atoms with Gasteiger partial charge in [-0.15, -0.1) is 0 Å². The minimum Gasteiger partial charge on any atom is -0.497 e. The fourth-order valence-corrected chi connectivity index (χ4v) is 2.86. The highest BCUT2D eigenvalue weighted by atomic mass is 19.4. The lowest BCUT2D eigenvalue weighted by Gasteiger charge is -2.31. The van der Waals surface area contributed by atoms with Crippen molar-refractivity contribution in [3.8, 4) is 5.75 Å². The number of benzene rings is 1. The Hall–Kier alpha value is -2.77. The van der Waals surface area contributed by atoms with Crippen LogP contribution in [0.15, 0.2) is 42.6 Å². The molecule has 1 fully saturated rings.